The summed E-state index contributed by atoms with van der Waals surface area (Å²) in [6, 6.07) is 16.3. The summed E-state index contributed by atoms with van der Waals surface area (Å²) >= 11 is 0. The number of hydrogen-bond acceptors (Lipinski definition) is 3. The van der Waals surface area contributed by atoms with Crippen molar-refractivity contribution in [2.75, 3.05) is 27.2 Å². The second kappa shape index (κ2) is 6.81. The van der Waals surface area contributed by atoms with Crippen molar-refractivity contribution in [1.82, 2.24) is 9.80 Å². The molecule has 0 radical (unpaired) electrons. The first-order chi connectivity index (χ1) is 12.2. The molecule has 2 aromatic carbocycles. The van der Waals surface area contributed by atoms with Gasteiger partial charge in [-0.15, -0.1) is 0 Å². The van der Waals surface area contributed by atoms with Gasteiger partial charge in [-0.25, -0.2) is 0 Å². The van der Waals surface area contributed by atoms with E-state index in [0.717, 1.165) is 31.0 Å². The Kier molecular flexibility index (Phi) is 4.53. The molecule has 0 bridgehead atoms. The smallest absolute Gasteiger partial charge is 0.132 e. The van der Waals surface area contributed by atoms with Gasteiger partial charge in [-0.3, -0.25) is 4.90 Å². The van der Waals surface area contributed by atoms with E-state index in [2.05, 4.69) is 73.3 Å². The Balaban J connectivity index is 1.71. The van der Waals surface area contributed by atoms with Crippen molar-refractivity contribution >= 4 is 0 Å². The predicted molar refractivity (Wildman–Crippen MR) is 102 cm³/mol. The van der Waals surface area contributed by atoms with E-state index in [1.807, 2.05) is 0 Å². The number of fused-ring (bicyclic) bond motifs is 2. The molecule has 4 rings (SSSR count). The lowest BCUT2D eigenvalue weighted by Crippen LogP contribution is -2.44. The van der Waals surface area contributed by atoms with Crippen molar-refractivity contribution in [3.05, 3.63) is 59.2 Å². The van der Waals surface area contributed by atoms with Crippen molar-refractivity contribution in [1.29, 1.82) is 0 Å². The van der Waals surface area contributed by atoms with Gasteiger partial charge in [0, 0.05) is 30.3 Å². The van der Waals surface area contributed by atoms with Crippen LogP contribution in [-0.4, -0.2) is 43.0 Å². The van der Waals surface area contributed by atoms with Crippen molar-refractivity contribution in [2.24, 2.45) is 0 Å². The summed E-state index contributed by atoms with van der Waals surface area (Å²) in [5.74, 6) is 2.04. The maximum absolute atomic E-state index is 6.22. The molecule has 1 fully saturated rings. The summed E-state index contributed by atoms with van der Waals surface area (Å²) in [4.78, 5) is 5.03. The fourth-order valence-corrected chi connectivity index (χ4v) is 4.26. The van der Waals surface area contributed by atoms with Gasteiger partial charge in [-0.2, -0.15) is 0 Å². The number of nitrogens with zero attached hydrogens (tertiary/aromatic N) is 2. The summed E-state index contributed by atoms with van der Waals surface area (Å²) in [7, 11) is 4.40. The molecule has 2 aliphatic heterocycles. The van der Waals surface area contributed by atoms with Gasteiger partial charge in [0.15, 0.2) is 0 Å². The first kappa shape index (κ1) is 16.6. The minimum absolute atomic E-state index is 0.314. The molecule has 0 spiro atoms. The Morgan fingerprint density at radius 1 is 1.00 bits per heavy atom. The van der Waals surface area contributed by atoms with Crippen LogP contribution in [0.2, 0.25) is 0 Å². The Morgan fingerprint density at radius 2 is 1.72 bits per heavy atom. The normalized spacial score (nSPS) is 20.9. The van der Waals surface area contributed by atoms with Gasteiger partial charge in [0.05, 0.1) is 6.04 Å². The zero-order valence-electron chi connectivity index (χ0n) is 15.5. The van der Waals surface area contributed by atoms with Gasteiger partial charge in [0.25, 0.3) is 0 Å². The molecule has 1 unspecified atom stereocenters. The summed E-state index contributed by atoms with van der Waals surface area (Å²) in [6.07, 6.45) is 3.52. The number of piperidine rings is 1. The quantitative estimate of drug-likeness (QED) is 0.822. The zero-order chi connectivity index (χ0) is 17.4. The maximum Gasteiger partial charge on any atom is 0.132 e. The third-order valence-electron chi connectivity index (χ3n) is 5.81. The molecule has 0 N–H and O–H groups in total. The molecule has 2 aromatic rings. The van der Waals surface area contributed by atoms with Gasteiger partial charge in [-0.1, -0.05) is 37.3 Å². The van der Waals surface area contributed by atoms with Crippen LogP contribution in [0.4, 0.5) is 0 Å². The maximum atomic E-state index is 6.22. The molecule has 0 aliphatic carbocycles. The highest BCUT2D eigenvalue weighted by Gasteiger charge is 2.34. The Morgan fingerprint density at radius 3 is 2.44 bits per heavy atom. The third kappa shape index (κ3) is 3.07. The molecule has 3 heteroatoms. The molecule has 2 heterocycles. The molecule has 2 aliphatic rings. The number of rotatable bonds is 3. The van der Waals surface area contributed by atoms with Crippen LogP contribution in [0.15, 0.2) is 42.5 Å². The van der Waals surface area contributed by atoms with Crippen molar-refractivity contribution in [3.8, 4) is 11.5 Å². The summed E-state index contributed by atoms with van der Waals surface area (Å²) in [6.45, 7) is 4.49. The molecule has 0 amide bonds. The SMILES string of the molecule is CCc1ccc2c(c1)C(N1CCC(N(C)C)CC1)c1ccccc1O2. The van der Waals surface area contributed by atoms with Gasteiger partial charge in [0.2, 0.25) is 0 Å². The Labute approximate surface area is 151 Å². The van der Waals surface area contributed by atoms with Crippen LogP contribution in [0.25, 0.3) is 0 Å². The summed E-state index contributed by atoms with van der Waals surface area (Å²) in [5, 5.41) is 0. The van der Waals surface area contributed by atoms with Crippen LogP contribution in [0.3, 0.4) is 0 Å². The summed E-state index contributed by atoms with van der Waals surface area (Å²) < 4.78 is 6.22. The molecule has 3 nitrogen and oxygen atoms in total. The number of ether oxygens (including phenoxy) is 1. The summed E-state index contributed by atoms with van der Waals surface area (Å²) in [5.41, 5.74) is 4.03. The first-order valence-electron chi connectivity index (χ1n) is 9.47. The molecule has 1 atom stereocenters. The van der Waals surface area contributed by atoms with Crippen LogP contribution in [0.1, 0.15) is 42.5 Å². The van der Waals surface area contributed by atoms with E-state index in [0.29, 0.717) is 12.1 Å². The highest BCUT2D eigenvalue weighted by atomic mass is 16.5. The lowest BCUT2D eigenvalue weighted by atomic mass is 9.89. The van der Waals surface area contributed by atoms with Gasteiger partial charge < -0.3 is 9.64 Å². The van der Waals surface area contributed by atoms with Crippen LogP contribution < -0.4 is 4.74 Å². The van der Waals surface area contributed by atoms with E-state index >= 15 is 0 Å². The van der Waals surface area contributed by atoms with Crippen LogP contribution in [-0.2, 0) is 6.42 Å². The molecule has 25 heavy (non-hydrogen) atoms. The minimum atomic E-state index is 0.314. The van der Waals surface area contributed by atoms with Crippen molar-refractivity contribution in [2.45, 2.75) is 38.3 Å². The third-order valence-corrected chi connectivity index (χ3v) is 5.81. The van der Waals surface area contributed by atoms with Gasteiger partial charge in [0.1, 0.15) is 11.5 Å². The van der Waals surface area contributed by atoms with Crippen LogP contribution in [0, 0.1) is 0 Å². The van der Waals surface area contributed by atoms with Crippen molar-refractivity contribution < 1.29 is 4.74 Å². The van der Waals surface area contributed by atoms with E-state index < -0.39 is 0 Å². The first-order valence-corrected chi connectivity index (χ1v) is 9.47. The Hall–Kier alpha value is -1.84. The predicted octanol–water partition coefficient (Wildman–Crippen LogP) is 4.47. The number of aryl methyl sites for hydroxylation is 1. The van der Waals surface area contributed by atoms with E-state index in [1.165, 1.54) is 29.5 Å². The molecular formula is C22H28N2O. The van der Waals surface area contributed by atoms with E-state index in [1.54, 1.807) is 0 Å². The fourth-order valence-electron chi connectivity index (χ4n) is 4.26. The molecule has 0 saturated carbocycles. The topological polar surface area (TPSA) is 15.7 Å². The van der Waals surface area contributed by atoms with Crippen LogP contribution in [0.5, 0.6) is 11.5 Å². The number of para-hydroxylation sites is 1. The second-order valence-electron chi connectivity index (χ2n) is 7.50. The highest BCUT2D eigenvalue weighted by molar-refractivity contribution is 5.54. The largest absolute Gasteiger partial charge is 0.457 e. The number of likely N-dealkylation sites (tertiary alicyclic amines) is 1. The van der Waals surface area contributed by atoms with Crippen molar-refractivity contribution in [3.63, 3.8) is 0 Å². The second-order valence-corrected chi connectivity index (χ2v) is 7.50. The van der Waals surface area contributed by atoms with Gasteiger partial charge in [-0.05, 0) is 51.1 Å². The molecule has 1 saturated heterocycles. The average molecular weight is 336 g/mol. The number of benzene rings is 2. The molecular weight excluding hydrogens is 308 g/mol. The fraction of sp³-hybridized carbons (Fsp3) is 0.455. The van der Waals surface area contributed by atoms with Gasteiger partial charge >= 0.3 is 0 Å². The van der Waals surface area contributed by atoms with E-state index in [9.17, 15) is 0 Å². The monoisotopic (exact) mass is 336 g/mol. The molecule has 132 valence electrons. The highest BCUT2D eigenvalue weighted by Crippen LogP contribution is 2.46. The lowest BCUT2D eigenvalue weighted by Gasteiger charge is -2.42. The number of hydrogen-bond donors (Lipinski definition) is 0. The van der Waals surface area contributed by atoms with E-state index in [-0.39, 0.29) is 0 Å². The van der Waals surface area contributed by atoms with E-state index in [4.69, 9.17) is 4.74 Å². The Bertz CT molecular complexity index is 747. The minimum Gasteiger partial charge on any atom is -0.457 e. The standard InChI is InChI=1S/C22H28N2O/c1-4-16-9-10-21-19(15-16)22(18-7-5-6-8-20(18)25-21)24-13-11-17(12-14-24)23(2)3/h5-10,15,17,22H,4,11-14H2,1-3H3. The van der Waals surface area contributed by atoms with Crippen LogP contribution >= 0.6 is 0 Å². The lowest BCUT2D eigenvalue weighted by molar-refractivity contribution is 0.118. The average Bonchev–Trinajstić information content (AvgIpc) is 2.65. The molecule has 0 aromatic heterocycles. The zero-order valence-corrected chi connectivity index (χ0v) is 15.5.